The highest BCUT2D eigenvalue weighted by Gasteiger charge is 2.11. The van der Waals surface area contributed by atoms with E-state index in [0.29, 0.717) is 6.54 Å². The van der Waals surface area contributed by atoms with Crippen LogP contribution in [0.5, 0.6) is 0 Å². The molecule has 35 heavy (non-hydrogen) atoms. The van der Waals surface area contributed by atoms with Crippen LogP contribution in [0.15, 0.2) is 91.4 Å². The molecule has 0 aliphatic carbocycles. The first-order valence-electron chi connectivity index (χ1n) is 11.6. The molecular weight excluding hydrogens is 436 g/mol. The number of aromatic nitrogens is 5. The molecule has 0 unspecified atom stereocenters. The Kier molecular flexibility index (Phi) is 6.48. The van der Waals surface area contributed by atoms with E-state index >= 15 is 0 Å². The quantitative estimate of drug-likeness (QED) is 0.265. The minimum atomic E-state index is -0.137. The molecule has 0 fully saturated rings. The van der Waals surface area contributed by atoms with Gasteiger partial charge in [0, 0.05) is 48.9 Å². The van der Waals surface area contributed by atoms with E-state index in [1.807, 2.05) is 78.5 Å². The van der Waals surface area contributed by atoms with Gasteiger partial charge in [-0.25, -0.2) is 9.67 Å². The fraction of sp³-hybridized carbons (Fsp3) is 0.143. The first-order chi connectivity index (χ1) is 17.2. The number of rotatable bonds is 8. The predicted molar refractivity (Wildman–Crippen MR) is 138 cm³/mol. The fourth-order valence-corrected chi connectivity index (χ4v) is 4.10. The van der Waals surface area contributed by atoms with E-state index in [9.17, 15) is 4.79 Å². The van der Waals surface area contributed by atoms with Crippen molar-refractivity contribution in [3.8, 4) is 16.9 Å². The highest BCUT2D eigenvalue weighted by Crippen LogP contribution is 2.24. The molecule has 1 N–H and O–H groups in total. The number of benzene rings is 2. The molecule has 0 saturated carbocycles. The lowest BCUT2D eigenvalue weighted by atomic mass is 10.1. The number of hydrogen-bond acceptors (Lipinski definition) is 4. The molecule has 0 radical (unpaired) electrons. The molecule has 3 heterocycles. The van der Waals surface area contributed by atoms with Crippen molar-refractivity contribution in [3.63, 3.8) is 0 Å². The van der Waals surface area contributed by atoms with Gasteiger partial charge in [0.1, 0.15) is 11.5 Å². The Morgan fingerprint density at radius 3 is 2.69 bits per heavy atom. The molecule has 0 aliphatic rings. The van der Waals surface area contributed by atoms with Crippen molar-refractivity contribution in [3.05, 3.63) is 103 Å². The van der Waals surface area contributed by atoms with Gasteiger partial charge in [-0.05, 0) is 55.8 Å². The Morgan fingerprint density at radius 2 is 1.86 bits per heavy atom. The van der Waals surface area contributed by atoms with Gasteiger partial charge in [-0.1, -0.05) is 30.3 Å². The van der Waals surface area contributed by atoms with Gasteiger partial charge >= 0.3 is 0 Å². The lowest BCUT2D eigenvalue weighted by Crippen LogP contribution is -2.23. The molecule has 0 saturated heterocycles. The van der Waals surface area contributed by atoms with Gasteiger partial charge in [0.05, 0.1) is 16.7 Å². The van der Waals surface area contributed by atoms with E-state index in [-0.39, 0.29) is 5.91 Å². The van der Waals surface area contributed by atoms with E-state index < -0.39 is 0 Å². The van der Waals surface area contributed by atoms with E-state index in [4.69, 9.17) is 5.10 Å². The molecule has 0 aliphatic heterocycles. The van der Waals surface area contributed by atoms with Gasteiger partial charge in [-0.15, -0.1) is 0 Å². The summed E-state index contributed by atoms with van der Waals surface area (Å²) >= 11 is 0. The van der Waals surface area contributed by atoms with Crippen LogP contribution in [0.4, 0.5) is 0 Å². The number of para-hydroxylation sites is 3. The van der Waals surface area contributed by atoms with Crippen molar-refractivity contribution >= 4 is 23.0 Å². The molecule has 0 spiro atoms. The minimum absolute atomic E-state index is 0.137. The van der Waals surface area contributed by atoms with Crippen LogP contribution in [0.25, 0.3) is 34.1 Å². The van der Waals surface area contributed by atoms with E-state index in [1.54, 1.807) is 24.5 Å². The standard InChI is InChI=1S/C28H26N6O/c1-21-31-25-12-5-6-13-26(25)33(21)18-8-17-30-27(35)15-14-23-20-34(24-10-3-2-4-11-24)32-28(23)22-9-7-16-29-19-22/h2-7,9-16,19-20H,8,17-18H2,1H3,(H,30,35)/b15-14+. The number of amides is 1. The van der Waals surface area contributed by atoms with Crippen molar-refractivity contribution in [1.82, 2.24) is 29.6 Å². The number of aryl methyl sites for hydroxylation is 2. The van der Waals surface area contributed by atoms with Crippen molar-refractivity contribution in [2.24, 2.45) is 0 Å². The number of hydrogen-bond donors (Lipinski definition) is 1. The van der Waals surface area contributed by atoms with Gasteiger partial charge in [-0.3, -0.25) is 9.78 Å². The first kappa shape index (κ1) is 22.3. The summed E-state index contributed by atoms with van der Waals surface area (Å²) in [6, 6.07) is 21.8. The smallest absolute Gasteiger partial charge is 0.244 e. The first-order valence-corrected chi connectivity index (χ1v) is 11.6. The third kappa shape index (κ3) is 5.04. The molecule has 0 bridgehead atoms. The van der Waals surface area contributed by atoms with Crippen molar-refractivity contribution in [2.75, 3.05) is 6.54 Å². The largest absolute Gasteiger partial charge is 0.352 e. The molecule has 1 amide bonds. The molecule has 7 heteroatoms. The zero-order valence-electron chi connectivity index (χ0n) is 19.5. The second kappa shape index (κ2) is 10.2. The van der Waals surface area contributed by atoms with E-state index in [2.05, 4.69) is 25.9 Å². The lowest BCUT2D eigenvalue weighted by Gasteiger charge is -2.07. The molecule has 174 valence electrons. The zero-order chi connectivity index (χ0) is 24.0. The Labute approximate surface area is 203 Å². The molecule has 5 rings (SSSR count). The van der Waals surface area contributed by atoms with Gasteiger partial charge in [-0.2, -0.15) is 5.10 Å². The van der Waals surface area contributed by atoms with Crippen LogP contribution in [-0.2, 0) is 11.3 Å². The maximum atomic E-state index is 12.5. The predicted octanol–water partition coefficient (Wildman–Crippen LogP) is 4.81. The Balaban J connectivity index is 1.25. The van der Waals surface area contributed by atoms with Gasteiger partial charge in [0.15, 0.2) is 0 Å². The SMILES string of the molecule is Cc1nc2ccccc2n1CCCNC(=O)/C=C/c1cn(-c2ccccc2)nc1-c1cccnc1. The molecule has 3 aromatic heterocycles. The summed E-state index contributed by atoms with van der Waals surface area (Å²) in [7, 11) is 0. The monoisotopic (exact) mass is 462 g/mol. The Morgan fingerprint density at radius 1 is 1.03 bits per heavy atom. The third-order valence-corrected chi connectivity index (χ3v) is 5.82. The summed E-state index contributed by atoms with van der Waals surface area (Å²) in [5.41, 5.74) is 5.58. The van der Waals surface area contributed by atoms with Crippen molar-refractivity contribution in [1.29, 1.82) is 0 Å². The van der Waals surface area contributed by atoms with Crippen LogP contribution < -0.4 is 5.32 Å². The normalized spacial score (nSPS) is 11.3. The molecule has 0 atom stereocenters. The Bertz CT molecular complexity index is 1470. The number of nitrogens with zero attached hydrogens (tertiary/aromatic N) is 5. The van der Waals surface area contributed by atoms with E-state index in [1.165, 1.54) is 0 Å². The second-order valence-electron chi connectivity index (χ2n) is 8.23. The van der Waals surface area contributed by atoms with Crippen molar-refractivity contribution in [2.45, 2.75) is 19.9 Å². The van der Waals surface area contributed by atoms with Crippen LogP contribution >= 0.6 is 0 Å². The van der Waals surface area contributed by atoms with E-state index in [0.717, 1.165) is 52.3 Å². The number of carbonyl (C=O) groups is 1. The molecule has 5 aromatic rings. The van der Waals surface area contributed by atoms with Crippen LogP contribution in [0, 0.1) is 6.92 Å². The van der Waals surface area contributed by atoms with Crippen molar-refractivity contribution < 1.29 is 4.79 Å². The summed E-state index contributed by atoms with van der Waals surface area (Å²) < 4.78 is 4.01. The van der Waals surface area contributed by atoms with Crippen LogP contribution in [0.1, 0.15) is 17.8 Å². The van der Waals surface area contributed by atoms with Crippen LogP contribution in [-0.4, -0.2) is 36.8 Å². The average molecular weight is 463 g/mol. The van der Waals surface area contributed by atoms with Crippen LogP contribution in [0.2, 0.25) is 0 Å². The van der Waals surface area contributed by atoms with Crippen LogP contribution in [0.3, 0.4) is 0 Å². The second-order valence-corrected chi connectivity index (χ2v) is 8.23. The number of fused-ring (bicyclic) bond motifs is 1. The Hall–Kier alpha value is -4.52. The molecule has 2 aromatic carbocycles. The number of carbonyl (C=O) groups excluding carboxylic acids is 1. The number of nitrogens with one attached hydrogen (secondary N) is 1. The molecule has 7 nitrogen and oxygen atoms in total. The lowest BCUT2D eigenvalue weighted by molar-refractivity contribution is -0.116. The highest BCUT2D eigenvalue weighted by molar-refractivity contribution is 5.92. The third-order valence-electron chi connectivity index (χ3n) is 5.82. The summed E-state index contributed by atoms with van der Waals surface area (Å²) in [5.74, 6) is 0.845. The van der Waals surface area contributed by atoms with Gasteiger partial charge in [0.25, 0.3) is 0 Å². The summed E-state index contributed by atoms with van der Waals surface area (Å²) in [6.07, 6.45) is 9.61. The van der Waals surface area contributed by atoms with Gasteiger partial charge < -0.3 is 9.88 Å². The number of pyridine rings is 1. The summed E-state index contributed by atoms with van der Waals surface area (Å²) in [6.45, 7) is 3.38. The minimum Gasteiger partial charge on any atom is -0.352 e. The maximum Gasteiger partial charge on any atom is 0.244 e. The molecular formula is C28H26N6O. The zero-order valence-corrected chi connectivity index (χ0v) is 19.5. The highest BCUT2D eigenvalue weighted by atomic mass is 16.1. The summed E-state index contributed by atoms with van der Waals surface area (Å²) in [4.78, 5) is 21.3. The fourth-order valence-electron chi connectivity index (χ4n) is 4.10. The van der Waals surface area contributed by atoms with Gasteiger partial charge in [0.2, 0.25) is 5.91 Å². The average Bonchev–Trinajstić information content (AvgIpc) is 3.47. The summed E-state index contributed by atoms with van der Waals surface area (Å²) in [5, 5.41) is 7.73. The topological polar surface area (TPSA) is 77.6 Å². The number of imidazole rings is 1. The maximum absolute atomic E-state index is 12.5.